The number of hydrogen-bond acceptors (Lipinski definition) is 3. The number of carbonyl (C=O) groups is 2. The maximum atomic E-state index is 11.3. The number of hydrogen-bond donors (Lipinski definition) is 1. The number of allylic oxidation sites excluding steroid dienone is 1. The number of halogens is 1. The quantitative estimate of drug-likeness (QED) is 0.732. The zero-order chi connectivity index (χ0) is 11.6. The maximum absolute atomic E-state index is 11.3. The number of ether oxygens (including phenoxy) is 1. The monoisotopic (exact) mass is 230 g/mol. The minimum atomic E-state index is -1.09. The van der Waals surface area contributed by atoms with Gasteiger partial charge in [0.25, 0.3) is 0 Å². The van der Waals surface area contributed by atoms with E-state index < -0.39 is 17.9 Å². The number of carboxylic acid groups (broad SMARTS) is 1. The van der Waals surface area contributed by atoms with Gasteiger partial charge in [-0.25, -0.2) is 4.79 Å². The molecular weight excluding hydrogens is 220 g/mol. The summed E-state index contributed by atoms with van der Waals surface area (Å²) in [7, 11) is 1.28. The van der Waals surface area contributed by atoms with Gasteiger partial charge in [-0.3, -0.25) is 4.79 Å². The molecule has 0 amide bonds. The fraction of sp³-hybridized carbons (Fsp3) is 0.400. The van der Waals surface area contributed by atoms with Crippen molar-refractivity contribution in [2.45, 2.75) is 6.92 Å². The van der Waals surface area contributed by atoms with Crippen LogP contribution in [-0.4, -0.2) is 24.2 Å². The highest BCUT2D eigenvalue weighted by Crippen LogP contribution is 2.30. The Balaban J connectivity index is 2.98. The lowest BCUT2D eigenvalue weighted by Crippen LogP contribution is -2.24. The number of esters is 1. The molecule has 0 saturated heterocycles. The molecule has 0 fully saturated rings. The smallest absolute Gasteiger partial charge is 0.336 e. The Hall–Kier alpha value is -1.29. The van der Waals surface area contributed by atoms with Crippen molar-refractivity contribution in [3.63, 3.8) is 0 Å². The molecular formula is C10H11ClO4. The normalized spacial score (nSPS) is 25.3. The van der Waals surface area contributed by atoms with Crippen molar-refractivity contribution in [3.8, 4) is 0 Å². The minimum Gasteiger partial charge on any atom is -0.478 e. The van der Waals surface area contributed by atoms with Gasteiger partial charge >= 0.3 is 11.9 Å². The standard InChI is InChI=1S/C10H11ClO4/c1-5-3-7(9(12)13)8(11)4-6(5)10(14)15-2/h3-6H,1-2H3,(H,12,13). The van der Waals surface area contributed by atoms with Crippen molar-refractivity contribution in [2.24, 2.45) is 11.8 Å². The van der Waals surface area contributed by atoms with Crippen LogP contribution in [-0.2, 0) is 14.3 Å². The van der Waals surface area contributed by atoms with Gasteiger partial charge in [-0.05, 0) is 5.92 Å². The van der Waals surface area contributed by atoms with E-state index in [4.69, 9.17) is 16.7 Å². The van der Waals surface area contributed by atoms with Gasteiger partial charge in [-0.15, -0.1) is 0 Å². The molecule has 82 valence electrons. The number of carbonyl (C=O) groups excluding carboxylic acids is 1. The Bertz CT molecular complexity index is 356. The first kappa shape index (κ1) is 11.8. The first-order chi connectivity index (χ1) is 6.97. The average Bonchev–Trinajstić information content (AvgIpc) is 2.19. The van der Waals surface area contributed by atoms with Crippen LogP contribution < -0.4 is 0 Å². The molecule has 5 heteroatoms. The highest BCUT2D eigenvalue weighted by molar-refractivity contribution is 6.35. The second-order valence-electron chi connectivity index (χ2n) is 3.31. The summed E-state index contributed by atoms with van der Waals surface area (Å²) in [5.41, 5.74) is 0.0318. The molecule has 1 aliphatic carbocycles. The average molecular weight is 231 g/mol. The molecule has 1 N–H and O–H groups in total. The highest BCUT2D eigenvalue weighted by Gasteiger charge is 2.29. The molecule has 1 aliphatic rings. The maximum Gasteiger partial charge on any atom is 0.336 e. The molecule has 0 radical (unpaired) electrons. The lowest BCUT2D eigenvalue weighted by atomic mass is 9.87. The van der Waals surface area contributed by atoms with Gasteiger partial charge in [0, 0.05) is 0 Å². The predicted octanol–water partition coefficient (Wildman–Crippen LogP) is 1.56. The van der Waals surface area contributed by atoms with Crippen LogP contribution in [0.15, 0.2) is 22.8 Å². The van der Waals surface area contributed by atoms with E-state index in [1.54, 1.807) is 6.92 Å². The zero-order valence-electron chi connectivity index (χ0n) is 8.36. The summed E-state index contributed by atoms with van der Waals surface area (Å²) in [5, 5.41) is 8.88. The topological polar surface area (TPSA) is 63.6 Å². The molecule has 0 heterocycles. The second kappa shape index (κ2) is 4.49. The summed E-state index contributed by atoms with van der Waals surface area (Å²) in [4.78, 5) is 22.0. The number of methoxy groups -OCH3 is 1. The van der Waals surface area contributed by atoms with E-state index in [9.17, 15) is 9.59 Å². The molecule has 4 nitrogen and oxygen atoms in total. The van der Waals surface area contributed by atoms with Crippen LogP contribution in [0.5, 0.6) is 0 Å². The van der Waals surface area contributed by atoms with E-state index in [0.29, 0.717) is 0 Å². The molecule has 2 unspecified atom stereocenters. The molecule has 0 aromatic rings. The van der Waals surface area contributed by atoms with E-state index in [1.807, 2.05) is 0 Å². The van der Waals surface area contributed by atoms with Gasteiger partial charge < -0.3 is 9.84 Å². The highest BCUT2D eigenvalue weighted by atomic mass is 35.5. The van der Waals surface area contributed by atoms with Gasteiger partial charge in [-0.1, -0.05) is 30.7 Å². The molecule has 0 bridgehead atoms. The van der Waals surface area contributed by atoms with Gasteiger partial charge in [0.05, 0.1) is 23.6 Å². The predicted molar refractivity (Wildman–Crippen MR) is 54.3 cm³/mol. The summed E-state index contributed by atoms with van der Waals surface area (Å²) >= 11 is 5.74. The molecule has 0 aromatic heterocycles. The molecule has 2 atom stereocenters. The van der Waals surface area contributed by atoms with E-state index in [0.717, 1.165) is 0 Å². The molecule has 0 aliphatic heterocycles. The fourth-order valence-corrected chi connectivity index (χ4v) is 1.72. The summed E-state index contributed by atoms with van der Waals surface area (Å²) in [6.45, 7) is 1.74. The van der Waals surface area contributed by atoms with Crippen molar-refractivity contribution >= 4 is 23.5 Å². The second-order valence-corrected chi connectivity index (χ2v) is 3.72. The van der Waals surface area contributed by atoms with Crippen molar-refractivity contribution in [1.29, 1.82) is 0 Å². The third-order valence-corrected chi connectivity index (χ3v) is 2.61. The summed E-state index contributed by atoms with van der Waals surface area (Å²) in [6, 6.07) is 0. The van der Waals surface area contributed by atoms with Crippen LogP contribution in [0, 0.1) is 11.8 Å². The van der Waals surface area contributed by atoms with Crippen LogP contribution in [0.3, 0.4) is 0 Å². The Morgan fingerprint density at radius 1 is 1.47 bits per heavy atom. The van der Waals surface area contributed by atoms with Gasteiger partial charge in [0.1, 0.15) is 0 Å². The van der Waals surface area contributed by atoms with Crippen molar-refractivity contribution in [3.05, 3.63) is 22.8 Å². The van der Waals surface area contributed by atoms with Crippen LogP contribution in [0.1, 0.15) is 6.92 Å². The summed E-state index contributed by atoms with van der Waals surface area (Å²) in [5.74, 6) is -2.25. The fourth-order valence-electron chi connectivity index (χ4n) is 1.44. The van der Waals surface area contributed by atoms with Crippen LogP contribution in [0.25, 0.3) is 0 Å². The molecule has 0 aromatic carbocycles. The first-order valence-electron chi connectivity index (χ1n) is 4.38. The molecule has 0 spiro atoms. The SMILES string of the molecule is COC(=O)C1C=C(Cl)C(C(=O)O)=CC1C. The van der Waals surface area contributed by atoms with Gasteiger partial charge in [0.15, 0.2) is 0 Å². The number of aliphatic carboxylic acids is 1. The van der Waals surface area contributed by atoms with E-state index in [-0.39, 0.29) is 16.5 Å². The van der Waals surface area contributed by atoms with Gasteiger partial charge in [0.2, 0.25) is 0 Å². The van der Waals surface area contributed by atoms with Crippen molar-refractivity contribution in [1.82, 2.24) is 0 Å². The number of carboxylic acids is 1. The Morgan fingerprint density at radius 2 is 2.07 bits per heavy atom. The first-order valence-corrected chi connectivity index (χ1v) is 4.75. The number of rotatable bonds is 2. The van der Waals surface area contributed by atoms with Crippen molar-refractivity contribution < 1.29 is 19.4 Å². The summed E-state index contributed by atoms with van der Waals surface area (Å²) < 4.78 is 4.59. The van der Waals surface area contributed by atoms with E-state index in [1.165, 1.54) is 19.3 Å². The Morgan fingerprint density at radius 3 is 2.53 bits per heavy atom. The third-order valence-electron chi connectivity index (χ3n) is 2.28. The van der Waals surface area contributed by atoms with Crippen LogP contribution in [0.2, 0.25) is 0 Å². The molecule has 0 saturated carbocycles. The lowest BCUT2D eigenvalue weighted by molar-refractivity contribution is -0.145. The van der Waals surface area contributed by atoms with E-state index in [2.05, 4.69) is 4.74 Å². The van der Waals surface area contributed by atoms with E-state index >= 15 is 0 Å². The van der Waals surface area contributed by atoms with Crippen LogP contribution >= 0.6 is 11.6 Å². The molecule has 15 heavy (non-hydrogen) atoms. The van der Waals surface area contributed by atoms with Gasteiger partial charge in [-0.2, -0.15) is 0 Å². The zero-order valence-corrected chi connectivity index (χ0v) is 9.12. The largest absolute Gasteiger partial charge is 0.478 e. The lowest BCUT2D eigenvalue weighted by Gasteiger charge is -2.21. The Kier molecular flexibility index (Phi) is 3.52. The third kappa shape index (κ3) is 2.39. The molecule has 1 rings (SSSR count). The minimum absolute atomic E-state index is 0.0318. The summed E-state index contributed by atoms with van der Waals surface area (Å²) in [6.07, 6.45) is 2.88. The Labute approximate surface area is 92.2 Å². The van der Waals surface area contributed by atoms with Crippen LogP contribution in [0.4, 0.5) is 0 Å². The van der Waals surface area contributed by atoms with Crippen molar-refractivity contribution in [2.75, 3.05) is 7.11 Å².